The maximum absolute atomic E-state index is 12.2. The topological polar surface area (TPSA) is 55.8 Å². The second-order valence-corrected chi connectivity index (χ2v) is 15.5. The van der Waals surface area contributed by atoms with Crippen molar-refractivity contribution in [2.24, 2.45) is 0 Å². The molecular weight excluding hydrogens is 677 g/mol. The summed E-state index contributed by atoms with van der Waals surface area (Å²) in [7, 11) is 0. The molecule has 1 atom stereocenters. The van der Waals surface area contributed by atoms with Gasteiger partial charge in [0.1, 0.15) is 6.10 Å². The molecule has 0 aliphatic rings. The molecule has 0 spiro atoms. The molecule has 0 saturated carbocycles. The lowest BCUT2D eigenvalue weighted by Crippen LogP contribution is -2.27. The zero-order valence-corrected chi connectivity index (χ0v) is 36.4. The third kappa shape index (κ3) is 46.1. The molecule has 0 radical (unpaired) electrons. The molecule has 0 aliphatic heterocycles. The second kappa shape index (κ2) is 48.0. The van der Waals surface area contributed by atoms with E-state index in [2.05, 4.69) is 86.8 Å². The summed E-state index contributed by atoms with van der Waals surface area (Å²) in [4.78, 5) is 12.2. The van der Waals surface area contributed by atoms with Crippen LogP contribution in [0.3, 0.4) is 0 Å². The van der Waals surface area contributed by atoms with E-state index >= 15 is 0 Å². The predicted molar refractivity (Wildman–Crippen MR) is 242 cm³/mol. The molecule has 1 unspecified atom stereocenters. The van der Waals surface area contributed by atoms with Crippen molar-refractivity contribution < 1.29 is 19.4 Å². The largest absolute Gasteiger partial charge is 0.457 e. The lowest BCUT2D eigenvalue weighted by atomic mass is 10.0. The Balaban J connectivity index is 3.49. The monoisotopic (exact) mass is 767 g/mol. The molecule has 4 nitrogen and oxygen atoms in total. The maximum Gasteiger partial charge on any atom is 0.306 e. The molecule has 1 N–H and O–H groups in total. The molecule has 0 aromatic rings. The number of hydrogen-bond acceptors (Lipinski definition) is 4. The molecule has 0 amide bonds. The van der Waals surface area contributed by atoms with Gasteiger partial charge in [0.15, 0.2) is 0 Å². The van der Waals surface area contributed by atoms with Crippen LogP contribution in [0.15, 0.2) is 72.9 Å². The summed E-state index contributed by atoms with van der Waals surface area (Å²) < 4.78 is 11.2. The fourth-order valence-corrected chi connectivity index (χ4v) is 6.57. The van der Waals surface area contributed by atoms with Gasteiger partial charge < -0.3 is 14.6 Å². The van der Waals surface area contributed by atoms with E-state index in [0.717, 1.165) is 77.0 Å². The third-order valence-electron chi connectivity index (χ3n) is 10.0. The van der Waals surface area contributed by atoms with Crippen LogP contribution < -0.4 is 0 Å². The Labute approximate surface area is 342 Å². The van der Waals surface area contributed by atoms with Crippen molar-refractivity contribution in [3.8, 4) is 0 Å². The van der Waals surface area contributed by atoms with Gasteiger partial charge in [0.25, 0.3) is 0 Å². The molecule has 0 fully saturated rings. The van der Waals surface area contributed by atoms with E-state index in [1.807, 2.05) is 0 Å². The summed E-state index contributed by atoms with van der Waals surface area (Å²) in [5.74, 6) is -0.211. The molecule has 0 heterocycles. The van der Waals surface area contributed by atoms with Crippen LogP contribution in [0, 0.1) is 0 Å². The summed E-state index contributed by atoms with van der Waals surface area (Å²) in [6, 6.07) is 0. The average molecular weight is 767 g/mol. The highest BCUT2D eigenvalue weighted by Gasteiger charge is 2.13. The first-order valence-electron chi connectivity index (χ1n) is 23.5. The molecule has 4 heteroatoms. The van der Waals surface area contributed by atoms with Gasteiger partial charge in [-0.25, -0.2) is 0 Å². The first kappa shape index (κ1) is 52.8. The predicted octanol–water partition coefficient (Wildman–Crippen LogP) is 15.8. The fraction of sp³-hybridized carbons (Fsp3) is 0.745. The van der Waals surface area contributed by atoms with Crippen LogP contribution in [0.4, 0.5) is 0 Å². The third-order valence-corrected chi connectivity index (χ3v) is 10.0. The minimum absolute atomic E-state index is 0.187. The van der Waals surface area contributed by atoms with Crippen LogP contribution >= 0.6 is 0 Å². The van der Waals surface area contributed by atoms with Crippen LogP contribution in [0.25, 0.3) is 0 Å². The number of aliphatic hydroxyl groups excluding tert-OH is 1. The van der Waals surface area contributed by atoms with E-state index in [1.54, 1.807) is 0 Å². The molecule has 0 bridgehead atoms. The highest BCUT2D eigenvalue weighted by atomic mass is 16.6. The van der Waals surface area contributed by atoms with E-state index in [1.165, 1.54) is 122 Å². The highest BCUT2D eigenvalue weighted by molar-refractivity contribution is 5.69. The summed E-state index contributed by atoms with van der Waals surface area (Å²) >= 11 is 0. The Morgan fingerprint density at radius 1 is 0.455 bits per heavy atom. The Hall–Kier alpha value is -2.17. The Morgan fingerprint density at radius 3 is 1.22 bits per heavy atom. The van der Waals surface area contributed by atoms with Gasteiger partial charge in [0.2, 0.25) is 0 Å². The molecule has 0 saturated heterocycles. The van der Waals surface area contributed by atoms with Gasteiger partial charge in [0, 0.05) is 13.0 Å². The first-order chi connectivity index (χ1) is 27.2. The smallest absolute Gasteiger partial charge is 0.306 e. The summed E-state index contributed by atoms with van der Waals surface area (Å²) in [6.07, 6.45) is 65.5. The quantitative estimate of drug-likeness (QED) is 0.0381. The van der Waals surface area contributed by atoms with E-state index in [4.69, 9.17) is 9.47 Å². The van der Waals surface area contributed by atoms with Gasteiger partial charge in [-0.1, -0.05) is 222 Å². The van der Waals surface area contributed by atoms with Crippen molar-refractivity contribution in [1.82, 2.24) is 0 Å². The van der Waals surface area contributed by atoms with Crippen molar-refractivity contribution in [1.29, 1.82) is 0 Å². The van der Waals surface area contributed by atoms with Crippen LogP contribution in [0.2, 0.25) is 0 Å². The highest BCUT2D eigenvalue weighted by Crippen LogP contribution is 2.15. The number of ether oxygens (including phenoxy) is 2. The van der Waals surface area contributed by atoms with E-state index in [-0.39, 0.29) is 19.2 Å². The summed E-state index contributed by atoms with van der Waals surface area (Å²) in [5.41, 5.74) is 0. The van der Waals surface area contributed by atoms with Crippen molar-refractivity contribution in [3.63, 3.8) is 0 Å². The molecule has 0 aromatic heterocycles. The van der Waals surface area contributed by atoms with Crippen molar-refractivity contribution in [3.05, 3.63) is 72.9 Å². The molecule has 318 valence electrons. The first-order valence-corrected chi connectivity index (χ1v) is 23.5. The Bertz CT molecular complexity index is 942. The molecule has 0 rings (SSSR count). The fourth-order valence-electron chi connectivity index (χ4n) is 6.57. The summed E-state index contributed by atoms with van der Waals surface area (Å²) in [5, 5.41) is 9.63. The number of carbonyl (C=O) groups is 1. The molecule has 0 aliphatic carbocycles. The zero-order valence-electron chi connectivity index (χ0n) is 36.4. The number of esters is 1. The minimum Gasteiger partial charge on any atom is -0.457 e. The van der Waals surface area contributed by atoms with Crippen LogP contribution in [-0.2, 0) is 14.3 Å². The number of unbranched alkanes of at least 4 members (excludes halogenated alkanes) is 23. The van der Waals surface area contributed by atoms with Crippen LogP contribution in [0.5, 0.6) is 0 Å². The van der Waals surface area contributed by atoms with Crippen molar-refractivity contribution in [2.45, 2.75) is 225 Å². The van der Waals surface area contributed by atoms with Gasteiger partial charge in [0.05, 0.1) is 13.2 Å². The maximum atomic E-state index is 12.2. The van der Waals surface area contributed by atoms with Crippen molar-refractivity contribution >= 4 is 5.97 Å². The Morgan fingerprint density at radius 2 is 0.818 bits per heavy atom. The Kier molecular flexibility index (Phi) is 46.1. The van der Waals surface area contributed by atoms with E-state index < -0.39 is 6.10 Å². The van der Waals surface area contributed by atoms with Crippen molar-refractivity contribution in [2.75, 3.05) is 19.8 Å². The second-order valence-electron chi connectivity index (χ2n) is 15.5. The van der Waals surface area contributed by atoms with Gasteiger partial charge >= 0.3 is 5.97 Å². The van der Waals surface area contributed by atoms with Gasteiger partial charge in [-0.15, -0.1) is 0 Å². The number of allylic oxidation sites excluding steroid dienone is 12. The number of aliphatic hydroxyl groups is 1. The molecular formula is C51H90O4. The molecule has 0 aromatic carbocycles. The van der Waals surface area contributed by atoms with E-state index in [0.29, 0.717) is 13.0 Å². The lowest BCUT2D eigenvalue weighted by Gasteiger charge is -2.15. The van der Waals surface area contributed by atoms with Crippen LogP contribution in [0.1, 0.15) is 219 Å². The normalized spacial score (nSPS) is 13.0. The number of carbonyl (C=O) groups excluding carboxylic acids is 1. The lowest BCUT2D eigenvalue weighted by molar-refractivity contribution is -0.154. The minimum atomic E-state index is -0.554. The van der Waals surface area contributed by atoms with Gasteiger partial charge in [-0.2, -0.15) is 0 Å². The van der Waals surface area contributed by atoms with E-state index in [9.17, 15) is 9.90 Å². The van der Waals surface area contributed by atoms with Crippen LogP contribution in [-0.4, -0.2) is 37.0 Å². The van der Waals surface area contributed by atoms with Gasteiger partial charge in [-0.05, 0) is 64.2 Å². The summed E-state index contributed by atoms with van der Waals surface area (Å²) in [6.45, 7) is 5.17. The standard InChI is InChI=1S/C51H90O4/c1-3-5-7-9-11-13-15-17-19-21-23-25-27-29-31-33-35-37-39-41-43-45-47-54-49-50(48-52)55-51(53)46-44-42-40-38-36-34-32-30-28-26-24-22-20-18-16-14-12-10-8-6-4-2/h5,7,11,13,17,19,23,25,29,31,35,37,50,52H,3-4,6,8-10,12,14-16,18,20-22,24,26-28,30,32-34,36,38-49H2,1-2H3/b7-5-,13-11-,19-17-,25-23-,31-29-,37-35-. The van der Waals surface area contributed by atoms with Gasteiger partial charge in [-0.3, -0.25) is 4.79 Å². The average Bonchev–Trinajstić information content (AvgIpc) is 3.19. The zero-order chi connectivity index (χ0) is 39.8. The number of rotatable bonds is 43. The molecule has 55 heavy (non-hydrogen) atoms. The SMILES string of the molecule is CC/C=C\C/C=C\C/C=C\C/C=C\C/C=C\C/C=C\CCCCCOCC(CO)OC(=O)CCCCCCCCCCCCCCCCCCCCCCC. The number of hydrogen-bond donors (Lipinski definition) is 1.